The summed E-state index contributed by atoms with van der Waals surface area (Å²) >= 11 is 0. The average Bonchev–Trinajstić information content (AvgIpc) is 2.16. The van der Waals surface area contributed by atoms with E-state index in [1.807, 2.05) is 6.92 Å². The van der Waals surface area contributed by atoms with E-state index < -0.39 is 8.56 Å². The fourth-order valence-corrected chi connectivity index (χ4v) is 3.65. The van der Waals surface area contributed by atoms with E-state index in [-0.39, 0.29) is 0 Å². The summed E-state index contributed by atoms with van der Waals surface area (Å²) in [7, 11) is -2.80. The molecule has 4 N–H and O–H groups in total. The van der Waals surface area contributed by atoms with Gasteiger partial charge in [0.25, 0.3) is 0 Å². The highest BCUT2D eigenvalue weighted by atomic mass is 28.4. The zero-order valence-electron chi connectivity index (χ0n) is 10.0. The molecule has 0 saturated heterocycles. The monoisotopic (exact) mass is 233 g/mol. The molecule has 3 nitrogen and oxygen atoms in total. The maximum Gasteiger partial charge on any atom is 0.332 e. The fourth-order valence-electron chi connectivity index (χ4n) is 1.78. The van der Waals surface area contributed by atoms with Gasteiger partial charge < -0.3 is 15.3 Å². The molecule has 0 aliphatic carbocycles. The van der Waals surface area contributed by atoms with Gasteiger partial charge in [0.15, 0.2) is 0 Å². The topological polar surface area (TPSA) is 66.5 Å². The van der Waals surface area contributed by atoms with E-state index >= 15 is 0 Å². The molecule has 0 amide bonds. The van der Waals surface area contributed by atoms with E-state index in [2.05, 4.69) is 0 Å². The van der Waals surface area contributed by atoms with E-state index in [0.29, 0.717) is 12.1 Å². The summed E-state index contributed by atoms with van der Waals surface area (Å²) in [5.41, 5.74) is 5.40. The van der Waals surface area contributed by atoms with Gasteiger partial charge in [-0.15, -0.1) is 0 Å². The molecule has 0 radical (unpaired) electrons. The predicted octanol–water partition coefficient (Wildman–Crippen LogP) is 2.12. The molecule has 15 heavy (non-hydrogen) atoms. The number of unbranched alkanes of at least 4 members (excludes halogenated alkanes) is 5. The lowest BCUT2D eigenvalue weighted by Gasteiger charge is -2.16. The quantitative estimate of drug-likeness (QED) is 0.400. The van der Waals surface area contributed by atoms with Gasteiger partial charge in [-0.05, 0) is 25.1 Å². The number of nitrogens with two attached hydrogens (primary N) is 1. The van der Waals surface area contributed by atoms with Crippen molar-refractivity contribution in [2.45, 2.75) is 64.0 Å². The minimum Gasteiger partial charge on any atom is -0.411 e. The molecule has 0 fully saturated rings. The average molecular weight is 233 g/mol. The van der Waals surface area contributed by atoms with E-state index in [4.69, 9.17) is 5.73 Å². The molecule has 0 aromatic heterocycles. The summed E-state index contributed by atoms with van der Waals surface area (Å²) in [6.07, 6.45) is 7.76. The summed E-state index contributed by atoms with van der Waals surface area (Å²) in [5.74, 6) is 0. The van der Waals surface area contributed by atoms with Crippen molar-refractivity contribution >= 4 is 8.56 Å². The third-order valence-corrected chi connectivity index (χ3v) is 5.14. The molecule has 92 valence electrons. The Labute approximate surface area is 94.9 Å². The lowest BCUT2D eigenvalue weighted by Crippen LogP contribution is -2.33. The van der Waals surface area contributed by atoms with Crippen LogP contribution in [0.5, 0.6) is 0 Å². The van der Waals surface area contributed by atoms with Gasteiger partial charge in [0.1, 0.15) is 0 Å². The second-order valence-electron chi connectivity index (χ2n) is 4.39. The Morgan fingerprint density at radius 3 is 1.93 bits per heavy atom. The van der Waals surface area contributed by atoms with Crippen LogP contribution >= 0.6 is 0 Å². The molecule has 0 spiro atoms. The zero-order valence-corrected chi connectivity index (χ0v) is 11.0. The minimum absolute atomic E-state index is 0.625. The molecular formula is C11H27NO2Si. The van der Waals surface area contributed by atoms with E-state index in [9.17, 15) is 9.59 Å². The molecular weight excluding hydrogens is 206 g/mol. The number of rotatable bonds is 10. The highest BCUT2D eigenvalue weighted by molar-refractivity contribution is 6.64. The van der Waals surface area contributed by atoms with Crippen molar-refractivity contribution < 1.29 is 9.59 Å². The summed E-state index contributed by atoms with van der Waals surface area (Å²) < 4.78 is 0. The number of hydrogen-bond donors (Lipinski definition) is 3. The van der Waals surface area contributed by atoms with Crippen LogP contribution in [0.2, 0.25) is 12.1 Å². The van der Waals surface area contributed by atoms with Crippen molar-refractivity contribution in [2.75, 3.05) is 6.54 Å². The highest BCUT2D eigenvalue weighted by Gasteiger charge is 2.26. The van der Waals surface area contributed by atoms with Gasteiger partial charge in [0.2, 0.25) is 0 Å². The Balaban J connectivity index is 3.22. The van der Waals surface area contributed by atoms with Gasteiger partial charge in [0.05, 0.1) is 0 Å². The molecule has 4 heteroatoms. The lowest BCUT2D eigenvalue weighted by molar-refractivity contribution is 0.353. The third kappa shape index (κ3) is 10.4. The van der Waals surface area contributed by atoms with Gasteiger partial charge in [-0.2, -0.15) is 0 Å². The first-order valence-electron chi connectivity index (χ1n) is 6.27. The largest absolute Gasteiger partial charge is 0.411 e. The zero-order chi connectivity index (χ0) is 11.6. The van der Waals surface area contributed by atoms with Crippen molar-refractivity contribution in [1.82, 2.24) is 0 Å². The van der Waals surface area contributed by atoms with Crippen LogP contribution in [-0.2, 0) is 0 Å². The third-order valence-electron chi connectivity index (χ3n) is 2.68. The maximum atomic E-state index is 9.63. The number of hydrogen-bond acceptors (Lipinski definition) is 3. The van der Waals surface area contributed by atoms with E-state index in [0.717, 1.165) is 32.2 Å². The van der Waals surface area contributed by atoms with Gasteiger partial charge in [0, 0.05) is 0 Å². The Bertz CT molecular complexity index is 143. The van der Waals surface area contributed by atoms with Gasteiger partial charge in [-0.1, -0.05) is 45.4 Å². The van der Waals surface area contributed by atoms with Gasteiger partial charge >= 0.3 is 8.56 Å². The van der Waals surface area contributed by atoms with E-state index in [1.54, 1.807) is 0 Å². The molecule has 0 unspecified atom stereocenters. The van der Waals surface area contributed by atoms with Crippen LogP contribution < -0.4 is 5.73 Å². The van der Waals surface area contributed by atoms with Crippen LogP contribution in [-0.4, -0.2) is 24.7 Å². The first kappa shape index (κ1) is 15.1. The highest BCUT2D eigenvalue weighted by Crippen LogP contribution is 2.16. The van der Waals surface area contributed by atoms with Crippen molar-refractivity contribution in [3.8, 4) is 0 Å². The molecule has 0 heterocycles. The van der Waals surface area contributed by atoms with Crippen LogP contribution in [0.1, 0.15) is 51.9 Å². The van der Waals surface area contributed by atoms with Crippen LogP contribution in [0.15, 0.2) is 0 Å². The Morgan fingerprint density at radius 1 is 0.867 bits per heavy atom. The first-order chi connectivity index (χ1) is 7.12. The molecule has 0 aromatic rings. The maximum absolute atomic E-state index is 9.63. The van der Waals surface area contributed by atoms with Gasteiger partial charge in [-0.3, -0.25) is 0 Å². The van der Waals surface area contributed by atoms with Crippen LogP contribution in [0.25, 0.3) is 0 Å². The lowest BCUT2D eigenvalue weighted by atomic mass is 10.1. The smallest absolute Gasteiger partial charge is 0.332 e. The standard InChI is InChI=1S/C11H27NO2Si/c1-2-10-15(13,14)11-8-6-4-3-5-7-9-12/h13-14H,2-12H2,1H3. The summed E-state index contributed by atoms with van der Waals surface area (Å²) in [6.45, 7) is 2.79. The SMILES string of the molecule is CCC[Si](O)(O)CCCCCCCCN. The van der Waals surface area contributed by atoms with Crippen molar-refractivity contribution in [2.24, 2.45) is 5.73 Å². The van der Waals surface area contributed by atoms with Crippen LogP contribution in [0.4, 0.5) is 0 Å². The van der Waals surface area contributed by atoms with Crippen molar-refractivity contribution in [3.05, 3.63) is 0 Å². The van der Waals surface area contributed by atoms with Crippen molar-refractivity contribution in [3.63, 3.8) is 0 Å². The van der Waals surface area contributed by atoms with E-state index in [1.165, 1.54) is 19.3 Å². The normalized spacial score (nSPS) is 12.0. The molecule has 0 saturated carbocycles. The first-order valence-corrected chi connectivity index (χ1v) is 8.58. The molecule has 0 atom stereocenters. The molecule has 0 aliphatic rings. The Hall–Kier alpha value is 0.0969. The van der Waals surface area contributed by atoms with Crippen molar-refractivity contribution in [1.29, 1.82) is 0 Å². The molecule has 0 aliphatic heterocycles. The Kier molecular flexibility index (Phi) is 9.39. The molecule has 0 bridgehead atoms. The molecule has 0 rings (SSSR count). The minimum atomic E-state index is -2.80. The van der Waals surface area contributed by atoms with Crippen LogP contribution in [0, 0.1) is 0 Å². The molecule has 0 aromatic carbocycles. The van der Waals surface area contributed by atoms with Crippen LogP contribution in [0.3, 0.4) is 0 Å². The fraction of sp³-hybridized carbons (Fsp3) is 1.00. The summed E-state index contributed by atoms with van der Waals surface area (Å²) in [5, 5.41) is 0. The summed E-state index contributed by atoms with van der Waals surface area (Å²) in [4.78, 5) is 19.3. The van der Waals surface area contributed by atoms with Gasteiger partial charge in [-0.25, -0.2) is 0 Å². The predicted molar refractivity (Wildman–Crippen MR) is 66.9 cm³/mol. The summed E-state index contributed by atoms with van der Waals surface area (Å²) in [6, 6.07) is 1.28. The Morgan fingerprint density at radius 2 is 1.40 bits per heavy atom. The second-order valence-corrected chi connectivity index (χ2v) is 7.36. The second kappa shape index (κ2) is 9.33.